The number of primary amides is 1. The molecular weight excluding hydrogens is 505 g/mol. The van der Waals surface area contributed by atoms with Crippen LogP contribution in [0.5, 0.6) is 0 Å². The number of rotatable bonds is 7. The van der Waals surface area contributed by atoms with Gasteiger partial charge in [0.05, 0.1) is 22.7 Å². The van der Waals surface area contributed by atoms with E-state index in [1.807, 2.05) is 24.4 Å². The normalized spacial score (nSPS) is 16.2. The van der Waals surface area contributed by atoms with Gasteiger partial charge in [0.25, 0.3) is 0 Å². The smallest absolute Gasteiger partial charge is 0.228 e. The number of carbonyl (C=O) groups excluding carboxylic acids is 1. The minimum Gasteiger partial charge on any atom is -0.369 e. The van der Waals surface area contributed by atoms with E-state index in [4.69, 9.17) is 15.7 Å². The Labute approximate surface area is 231 Å². The summed E-state index contributed by atoms with van der Waals surface area (Å²) in [7, 11) is 0. The summed E-state index contributed by atoms with van der Waals surface area (Å²) >= 11 is 0. The van der Waals surface area contributed by atoms with Gasteiger partial charge in [0.2, 0.25) is 5.91 Å². The molecule has 1 aliphatic carbocycles. The third-order valence-corrected chi connectivity index (χ3v) is 7.89. The van der Waals surface area contributed by atoms with Gasteiger partial charge >= 0.3 is 0 Å². The lowest BCUT2D eigenvalue weighted by Gasteiger charge is -2.40. The third kappa shape index (κ3) is 5.08. The number of nitrogens with two attached hydrogens (primary N) is 1. The maximum absolute atomic E-state index is 13.5. The monoisotopic (exact) mass is 533 g/mol. The summed E-state index contributed by atoms with van der Waals surface area (Å²) in [6.07, 6.45) is 6.78. The Hall–Kier alpha value is -4.84. The number of nitriles is 1. The minimum atomic E-state index is -0.817. The lowest BCUT2D eigenvalue weighted by Crippen LogP contribution is -2.50. The molecule has 2 aliphatic rings. The van der Waals surface area contributed by atoms with E-state index in [1.165, 1.54) is 17.7 Å². The van der Waals surface area contributed by atoms with E-state index in [0.29, 0.717) is 49.0 Å². The van der Waals surface area contributed by atoms with Crippen LogP contribution in [-0.4, -0.2) is 33.9 Å². The number of anilines is 3. The van der Waals surface area contributed by atoms with Gasteiger partial charge in [0.1, 0.15) is 23.3 Å². The SMILES string of the molecule is N#Cc1ccnc(Nc2cc(C3CC3)cc(-c3ccc(N4CCC(C(N)=O)(c5ccc(F)cc5)CC4)nc3)n2)c1. The summed E-state index contributed by atoms with van der Waals surface area (Å²) in [6.45, 7) is 1.20. The van der Waals surface area contributed by atoms with Crippen LogP contribution in [0.25, 0.3) is 11.3 Å². The second-order valence-corrected chi connectivity index (χ2v) is 10.5. The van der Waals surface area contributed by atoms with Crippen molar-refractivity contribution in [1.82, 2.24) is 15.0 Å². The summed E-state index contributed by atoms with van der Waals surface area (Å²) in [5.41, 5.74) is 9.24. The Bertz CT molecular complexity index is 1590. The number of amides is 1. The molecule has 0 atom stereocenters. The number of nitrogens with zero attached hydrogens (tertiary/aromatic N) is 5. The molecule has 3 aromatic heterocycles. The number of aromatic nitrogens is 3. The number of benzene rings is 1. The molecule has 1 amide bonds. The topological polar surface area (TPSA) is 121 Å². The van der Waals surface area contributed by atoms with E-state index in [-0.39, 0.29) is 11.7 Å². The van der Waals surface area contributed by atoms with Crippen molar-refractivity contribution >= 4 is 23.4 Å². The molecule has 4 heterocycles. The van der Waals surface area contributed by atoms with Crippen LogP contribution in [0.3, 0.4) is 0 Å². The van der Waals surface area contributed by atoms with Gasteiger partial charge in [0, 0.05) is 31.0 Å². The first kappa shape index (κ1) is 25.4. The zero-order valence-electron chi connectivity index (χ0n) is 21.8. The van der Waals surface area contributed by atoms with Crippen LogP contribution in [-0.2, 0) is 10.2 Å². The van der Waals surface area contributed by atoms with Gasteiger partial charge in [-0.25, -0.2) is 19.3 Å². The summed E-state index contributed by atoms with van der Waals surface area (Å²) in [5.74, 6) is 1.85. The molecule has 0 spiro atoms. The molecule has 0 bridgehead atoms. The van der Waals surface area contributed by atoms with Crippen molar-refractivity contribution in [2.45, 2.75) is 37.0 Å². The van der Waals surface area contributed by atoms with Crippen molar-refractivity contribution in [3.05, 3.63) is 95.6 Å². The summed E-state index contributed by atoms with van der Waals surface area (Å²) < 4.78 is 13.5. The van der Waals surface area contributed by atoms with Crippen molar-refractivity contribution in [2.75, 3.05) is 23.3 Å². The maximum Gasteiger partial charge on any atom is 0.228 e. The lowest BCUT2D eigenvalue weighted by atomic mass is 9.72. The maximum atomic E-state index is 13.5. The first-order valence-corrected chi connectivity index (χ1v) is 13.4. The number of nitrogens with one attached hydrogen (secondary N) is 1. The number of halogens is 1. The molecule has 2 fully saturated rings. The van der Waals surface area contributed by atoms with Gasteiger partial charge in [-0.2, -0.15) is 5.26 Å². The molecule has 6 rings (SSSR count). The van der Waals surface area contributed by atoms with E-state index in [1.54, 1.807) is 30.5 Å². The molecule has 8 nitrogen and oxygen atoms in total. The van der Waals surface area contributed by atoms with Gasteiger partial charge in [-0.1, -0.05) is 12.1 Å². The fourth-order valence-corrected chi connectivity index (χ4v) is 5.40. The molecule has 4 aromatic rings. The molecule has 1 saturated carbocycles. The quantitative estimate of drug-likeness (QED) is 0.335. The first-order valence-electron chi connectivity index (χ1n) is 13.4. The minimum absolute atomic E-state index is 0.338. The highest BCUT2D eigenvalue weighted by molar-refractivity contribution is 5.87. The highest BCUT2D eigenvalue weighted by Gasteiger charge is 2.41. The highest BCUT2D eigenvalue weighted by atomic mass is 19.1. The van der Waals surface area contributed by atoms with Crippen molar-refractivity contribution in [3.63, 3.8) is 0 Å². The van der Waals surface area contributed by atoms with Crippen LogP contribution in [0.1, 0.15) is 48.3 Å². The molecule has 0 radical (unpaired) electrons. The summed E-state index contributed by atoms with van der Waals surface area (Å²) in [5, 5.41) is 12.5. The zero-order chi connectivity index (χ0) is 27.7. The molecule has 3 N–H and O–H groups in total. The van der Waals surface area contributed by atoms with Crippen LogP contribution in [0, 0.1) is 17.1 Å². The van der Waals surface area contributed by atoms with E-state index in [9.17, 15) is 14.4 Å². The fourth-order valence-electron chi connectivity index (χ4n) is 5.40. The Morgan fingerprint density at radius 1 is 1.02 bits per heavy atom. The Balaban J connectivity index is 1.21. The predicted molar refractivity (Wildman–Crippen MR) is 150 cm³/mol. The van der Waals surface area contributed by atoms with Crippen molar-refractivity contribution in [1.29, 1.82) is 5.26 Å². The number of hydrogen-bond acceptors (Lipinski definition) is 7. The van der Waals surface area contributed by atoms with Crippen LogP contribution >= 0.6 is 0 Å². The second-order valence-electron chi connectivity index (χ2n) is 10.5. The molecular formula is C31H28FN7O. The van der Waals surface area contributed by atoms with Crippen LogP contribution in [0.4, 0.5) is 21.8 Å². The van der Waals surface area contributed by atoms with Gasteiger partial charge in [0.15, 0.2) is 0 Å². The number of hydrogen-bond donors (Lipinski definition) is 2. The summed E-state index contributed by atoms with van der Waals surface area (Å²) in [4.78, 5) is 28.5. The van der Waals surface area contributed by atoms with E-state index < -0.39 is 5.41 Å². The average molecular weight is 534 g/mol. The summed E-state index contributed by atoms with van der Waals surface area (Å²) in [6, 6.07) is 19.7. The molecule has 1 saturated heterocycles. The Morgan fingerprint density at radius 3 is 2.45 bits per heavy atom. The van der Waals surface area contributed by atoms with Gasteiger partial charge < -0.3 is 16.0 Å². The Morgan fingerprint density at radius 2 is 1.80 bits per heavy atom. The molecule has 1 aromatic carbocycles. The van der Waals surface area contributed by atoms with Gasteiger partial charge in [-0.15, -0.1) is 0 Å². The number of piperidine rings is 1. The van der Waals surface area contributed by atoms with Crippen molar-refractivity contribution < 1.29 is 9.18 Å². The molecule has 40 heavy (non-hydrogen) atoms. The number of pyridine rings is 3. The molecule has 1 aliphatic heterocycles. The molecule has 0 unspecified atom stereocenters. The van der Waals surface area contributed by atoms with Gasteiger partial charge in [-0.05, 0) is 91.3 Å². The standard InChI is InChI=1S/C31H28FN7O/c32-25-6-4-24(5-7-25)31(30(34)40)10-13-39(14-11-31)29-8-3-22(19-36-29)26-16-23(21-1-2-21)17-28(37-26)38-27-15-20(18-33)9-12-35-27/h3-9,12,15-17,19,21H,1-2,10-11,13-14H2,(H2,34,40)(H,35,37,38). The highest BCUT2D eigenvalue weighted by Crippen LogP contribution is 2.42. The van der Waals surface area contributed by atoms with Crippen molar-refractivity contribution in [3.8, 4) is 17.3 Å². The fraction of sp³-hybridized carbons (Fsp3) is 0.258. The Kier molecular flexibility index (Phi) is 6.60. The largest absolute Gasteiger partial charge is 0.369 e. The van der Waals surface area contributed by atoms with E-state index in [2.05, 4.69) is 27.3 Å². The predicted octanol–water partition coefficient (Wildman–Crippen LogP) is 5.19. The van der Waals surface area contributed by atoms with Crippen LogP contribution in [0.15, 0.2) is 73.1 Å². The lowest BCUT2D eigenvalue weighted by molar-refractivity contribution is -0.124. The van der Waals surface area contributed by atoms with Gasteiger partial charge in [-0.3, -0.25) is 4.79 Å². The average Bonchev–Trinajstić information content (AvgIpc) is 3.84. The van der Waals surface area contributed by atoms with E-state index in [0.717, 1.165) is 35.5 Å². The first-order chi connectivity index (χ1) is 19.4. The molecule has 200 valence electrons. The van der Waals surface area contributed by atoms with E-state index >= 15 is 0 Å². The molecule has 9 heteroatoms. The van der Waals surface area contributed by atoms with Crippen LogP contribution < -0.4 is 16.0 Å². The zero-order valence-corrected chi connectivity index (χ0v) is 21.8. The third-order valence-electron chi connectivity index (χ3n) is 7.89. The number of carbonyl (C=O) groups is 1. The second kappa shape index (κ2) is 10.4. The van der Waals surface area contributed by atoms with Crippen LogP contribution in [0.2, 0.25) is 0 Å². The van der Waals surface area contributed by atoms with Crippen molar-refractivity contribution in [2.24, 2.45) is 5.73 Å².